The molecule has 158 valence electrons. The van der Waals surface area contributed by atoms with E-state index in [1.807, 2.05) is 60.2 Å². The topological polar surface area (TPSA) is 49.7 Å². The molecule has 0 aliphatic heterocycles. The molecule has 0 fully saturated rings. The SMILES string of the molecule is CCCc1c(C(=O)OCC)c(-c2ccccc2Br)cn1-c1ccc(OC)c(OC)c1. The minimum atomic E-state index is -0.314. The zero-order valence-corrected chi connectivity index (χ0v) is 19.3. The summed E-state index contributed by atoms with van der Waals surface area (Å²) in [5, 5.41) is 0. The van der Waals surface area contributed by atoms with E-state index in [0.29, 0.717) is 23.7 Å². The summed E-state index contributed by atoms with van der Waals surface area (Å²) in [7, 11) is 3.22. The standard InChI is InChI=1S/C24H26BrNO4/c1-5-9-20-23(24(27)30-6-2)18(17-10-7-8-11-19(17)25)15-26(20)16-12-13-21(28-3)22(14-16)29-4/h7-8,10-15H,5-6,9H2,1-4H3. The first-order chi connectivity index (χ1) is 14.5. The Hall–Kier alpha value is -2.73. The monoisotopic (exact) mass is 471 g/mol. The van der Waals surface area contributed by atoms with Crippen molar-refractivity contribution < 1.29 is 19.0 Å². The number of esters is 1. The quantitative estimate of drug-likeness (QED) is 0.375. The van der Waals surface area contributed by atoms with Gasteiger partial charge in [-0.2, -0.15) is 0 Å². The number of methoxy groups -OCH3 is 2. The van der Waals surface area contributed by atoms with Gasteiger partial charge in [0.2, 0.25) is 0 Å². The van der Waals surface area contributed by atoms with Gasteiger partial charge in [-0.3, -0.25) is 0 Å². The van der Waals surface area contributed by atoms with Crippen LogP contribution in [0, 0.1) is 0 Å². The van der Waals surface area contributed by atoms with Crippen LogP contribution in [0.2, 0.25) is 0 Å². The van der Waals surface area contributed by atoms with Gasteiger partial charge in [0.25, 0.3) is 0 Å². The van der Waals surface area contributed by atoms with E-state index in [-0.39, 0.29) is 5.97 Å². The van der Waals surface area contributed by atoms with E-state index in [1.54, 1.807) is 14.2 Å². The number of carbonyl (C=O) groups excluding carboxylic acids is 1. The summed E-state index contributed by atoms with van der Waals surface area (Å²) in [4.78, 5) is 13.0. The Kier molecular flexibility index (Phi) is 7.21. The minimum Gasteiger partial charge on any atom is -0.493 e. The lowest BCUT2D eigenvalue weighted by molar-refractivity contribution is 0.0526. The van der Waals surface area contributed by atoms with Crippen LogP contribution in [-0.2, 0) is 11.2 Å². The van der Waals surface area contributed by atoms with Crippen molar-refractivity contribution in [2.24, 2.45) is 0 Å². The number of hydrogen-bond donors (Lipinski definition) is 0. The smallest absolute Gasteiger partial charge is 0.340 e. The number of carbonyl (C=O) groups is 1. The molecule has 0 unspecified atom stereocenters. The molecule has 3 aromatic rings. The molecule has 2 aromatic carbocycles. The molecule has 0 amide bonds. The number of aromatic nitrogens is 1. The average molecular weight is 472 g/mol. The van der Waals surface area contributed by atoms with Gasteiger partial charge >= 0.3 is 5.97 Å². The molecule has 0 saturated carbocycles. The van der Waals surface area contributed by atoms with Gasteiger partial charge < -0.3 is 18.8 Å². The molecule has 0 aliphatic rings. The van der Waals surface area contributed by atoms with Crippen molar-refractivity contribution in [3.8, 4) is 28.3 Å². The van der Waals surface area contributed by atoms with Crippen molar-refractivity contribution in [2.45, 2.75) is 26.7 Å². The highest BCUT2D eigenvalue weighted by molar-refractivity contribution is 9.10. The first kappa shape index (κ1) is 22.0. The van der Waals surface area contributed by atoms with Gasteiger partial charge in [-0.05, 0) is 37.1 Å². The van der Waals surface area contributed by atoms with E-state index in [9.17, 15) is 4.79 Å². The maximum atomic E-state index is 13.0. The van der Waals surface area contributed by atoms with Crippen LogP contribution in [0.3, 0.4) is 0 Å². The van der Waals surface area contributed by atoms with Crippen LogP contribution < -0.4 is 9.47 Å². The van der Waals surface area contributed by atoms with E-state index in [2.05, 4.69) is 22.9 Å². The molecular weight excluding hydrogens is 446 g/mol. The number of nitrogens with zero attached hydrogens (tertiary/aromatic N) is 1. The van der Waals surface area contributed by atoms with E-state index in [1.165, 1.54) is 0 Å². The van der Waals surface area contributed by atoms with Gasteiger partial charge in [-0.25, -0.2) is 4.79 Å². The second-order valence-corrected chi connectivity index (χ2v) is 7.58. The summed E-state index contributed by atoms with van der Waals surface area (Å²) >= 11 is 3.63. The Bertz CT molecular complexity index is 1040. The molecule has 0 atom stereocenters. The molecule has 3 rings (SSSR count). The highest BCUT2D eigenvalue weighted by Gasteiger charge is 2.25. The summed E-state index contributed by atoms with van der Waals surface area (Å²) in [5.74, 6) is 0.972. The van der Waals surface area contributed by atoms with Crippen molar-refractivity contribution >= 4 is 21.9 Å². The van der Waals surface area contributed by atoms with Gasteiger partial charge in [0, 0.05) is 33.7 Å². The Morgan fingerprint density at radius 3 is 2.37 bits per heavy atom. The Labute approximate surface area is 185 Å². The van der Waals surface area contributed by atoms with E-state index in [4.69, 9.17) is 14.2 Å². The van der Waals surface area contributed by atoms with Crippen LogP contribution in [0.15, 0.2) is 53.1 Å². The molecule has 1 aromatic heterocycles. The third-order valence-corrected chi connectivity index (χ3v) is 5.57. The molecule has 5 nitrogen and oxygen atoms in total. The number of halogens is 1. The molecule has 30 heavy (non-hydrogen) atoms. The van der Waals surface area contributed by atoms with Crippen molar-refractivity contribution in [1.82, 2.24) is 4.57 Å². The highest BCUT2D eigenvalue weighted by Crippen LogP contribution is 2.37. The Morgan fingerprint density at radius 1 is 1.00 bits per heavy atom. The van der Waals surface area contributed by atoms with Gasteiger partial charge in [0.1, 0.15) is 0 Å². The highest BCUT2D eigenvalue weighted by atomic mass is 79.9. The number of benzene rings is 2. The molecule has 0 aliphatic carbocycles. The summed E-state index contributed by atoms with van der Waals surface area (Å²) in [6.45, 7) is 4.24. The fourth-order valence-electron chi connectivity index (χ4n) is 3.55. The molecule has 6 heteroatoms. The lowest BCUT2D eigenvalue weighted by atomic mass is 10.0. The van der Waals surface area contributed by atoms with Gasteiger partial charge in [0.15, 0.2) is 11.5 Å². The summed E-state index contributed by atoms with van der Waals surface area (Å²) in [6, 6.07) is 13.6. The minimum absolute atomic E-state index is 0.314. The first-order valence-electron chi connectivity index (χ1n) is 9.94. The third kappa shape index (κ3) is 4.24. The number of hydrogen-bond acceptors (Lipinski definition) is 4. The van der Waals surface area contributed by atoms with Crippen LogP contribution >= 0.6 is 15.9 Å². The van der Waals surface area contributed by atoms with E-state index >= 15 is 0 Å². The average Bonchev–Trinajstić information content (AvgIpc) is 3.13. The van der Waals surface area contributed by atoms with Gasteiger partial charge in [0.05, 0.1) is 26.4 Å². The van der Waals surface area contributed by atoms with Crippen LogP contribution in [-0.4, -0.2) is 31.4 Å². The van der Waals surface area contributed by atoms with Crippen molar-refractivity contribution in [3.05, 3.63) is 64.4 Å². The van der Waals surface area contributed by atoms with Crippen molar-refractivity contribution in [3.63, 3.8) is 0 Å². The predicted molar refractivity (Wildman–Crippen MR) is 122 cm³/mol. The van der Waals surface area contributed by atoms with Gasteiger partial charge in [-0.15, -0.1) is 0 Å². The van der Waals surface area contributed by atoms with Gasteiger partial charge in [-0.1, -0.05) is 47.5 Å². The van der Waals surface area contributed by atoms with Crippen LogP contribution in [0.5, 0.6) is 11.5 Å². The largest absolute Gasteiger partial charge is 0.493 e. The molecule has 1 heterocycles. The Balaban J connectivity index is 2.29. The lowest BCUT2D eigenvalue weighted by Crippen LogP contribution is -2.10. The molecule has 0 N–H and O–H groups in total. The summed E-state index contributed by atoms with van der Waals surface area (Å²) < 4.78 is 19.3. The molecular formula is C24H26BrNO4. The zero-order chi connectivity index (χ0) is 21.7. The van der Waals surface area contributed by atoms with Crippen molar-refractivity contribution in [2.75, 3.05) is 20.8 Å². The number of rotatable bonds is 8. The summed E-state index contributed by atoms with van der Waals surface area (Å²) in [6.07, 6.45) is 3.62. The third-order valence-electron chi connectivity index (χ3n) is 4.88. The Morgan fingerprint density at radius 2 is 1.73 bits per heavy atom. The maximum absolute atomic E-state index is 13.0. The fourth-order valence-corrected chi connectivity index (χ4v) is 4.05. The number of ether oxygens (including phenoxy) is 3. The normalized spacial score (nSPS) is 10.7. The first-order valence-corrected chi connectivity index (χ1v) is 10.7. The molecule has 0 bridgehead atoms. The maximum Gasteiger partial charge on any atom is 0.340 e. The molecule has 0 radical (unpaired) electrons. The van der Waals surface area contributed by atoms with E-state index in [0.717, 1.165) is 39.8 Å². The summed E-state index contributed by atoms with van der Waals surface area (Å²) in [5.41, 5.74) is 4.17. The van der Waals surface area contributed by atoms with E-state index < -0.39 is 0 Å². The molecule has 0 spiro atoms. The predicted octanol–water partition coefficient (Wildman–Crippen LogP) is 6.05. The second kappa shape index (κ2) is 9.85. The van der Waals surface area contributed by atoms with Crippen molar-refractivity contribution in [1.29, 1.82) is 0 Å². The van der Waals surface area contributed by atoms with Crippen LogP contribution in [0.1, 0.15) is 36.3 Å². The second-order valence-electron chi connectivity index (χ2n) is 6.72. The van der Waals surface area contributed by atoms with Crippen LogP contribution in [0.25, 0.3) is 16.8 Å². The molecule has 0 saturated heterocycles. The fraction of sp³-hybridized carbons (Fsp3) is 0.292. The lowest BCUT2D eigenvalue weighted by Gasteiger charge is -2.13. The van der Waals surface area contributed by atoms with Crippen LogP contribution in [0.4, 0.5) is 0 Å². The zero-order valence-electron chi connectivity index (χ0n) is 17.7.